The number of likely N-dealkylation sites (N-methyl/N-ethyl adjacent to an activating group) is 1. The number of ether oxygens (including phenoxy) is 2. The first-order valence-corrected chi connectivity index (χ1v) is 9.97. The molecule has 0 bridgehead atoms. The van der Waals surface area contributed by atoms with Gasteiger partial charge in [-0.15, -0.1) is 0 Å². The molecule has 28 heavy (non-hydrogen) atoms. The number of nitrogens with zero attached hydrogens (tertiary/aromatic N) is 3. The Labute approximate surface area is 168 Å². The van der Waals surface area contributed by atoms with Crippen molar-refractivity contribution in [2.45, 2.75) is 26.1 Å². The number of benzene rings is 1. The Morgan fingerprint density at radius 1 is 1.11 bits per heavy atom. The Hall–Kier alpha value is -2.15. The van der Waals surface area contributed by atoms with E-state index in [9.17, 15) is 0 Å². The lowest BCUT2D eigenvalue weighted by atomic mass is 10.1. The van der Waals surface area contributed by atoms with Crippen LogP contribution in [0.4, 0.5) is 0 Å². The summed E-state index contributed by atoms with van der Waals surface area (Å²) in [6.07, 6.45) is 3.58. The number of hydrogen-bond donors (Lipinski definition) is 1. The van der Waals surface area contributed by atoms with Crippen molar-refractivity contribution in [2.24, 2.45) is 0 Å². The van der Waals surface area contributed by atoms with Gasteiger partial charge in [0.05, 0.1) is 7.11 Å². The van der Waals surface area contributed by atoms with Gasteiger partial charge in [-0.05, 0) is 37.7 Å². The molecular formula is C22H32N4O2. The van der Waals surface area contributed by atoms with Crippen LogP contribution in [0.1, 0.15) is 18.1 Å². The molecule has 1 aromatic heterocycles. The maximum Gasteiger partial charge on any atom is 0.161 e. The lowest BCUT2D eigenvalue weighted by Crippen LogP contribution is -2.48. The van der Waals surface area contributed by atoms with Gasteiger partial charge in [0.15, 0.2) is 11.5 Å². The maximum atomic E-state index is 5.99. The molecule has 1 aromatic carbocycles. The summed E-state index contributed by atoms with van der Waals surface area (Å²) in [6.45, 7) is 9.22. The van der Waals surface area contributed by atoms with E-state index >= 15 is 0 Å². The Balaban J connectivity index is 1.52. The predicted molar refractivity (Wildman–Crippen MR) is 112 cm³/mol. The molecule has 0 spiro atoms. The fourth-order valence-corrected chi connectivity index (χ4v) is 3.36. The molecule has 1 saturated heterocycles. The minimum atomic E-state index is 0.435. The molecule has 1 aliphatic rings. The minimum absolute atomic E-state index is 0.435. The van der Waals surface area contributed by atoms with Crippen molar-refractivity contribution in [3.63, 3.8) is 0 Å². The van der Waals surface area contributed by atoms with Gasteiger partial charge in [-0.25, -0.2) is 0 Å². The molecule has 0 radical (unpaired) electrons. The van der Waals surface area contributed by atoms with Gasteiger partial charge in [-0.1, -0.05) is 12.1 Å². The van der Waals surface area contributed by atoms with Crippen LogP contribution in [0.25, 0.3) is 0 Å². The lowest BCUT2D eigenvalue weighted by Gasteiger charge is -2.34. The molecule has 2 heterocycles. The average molecular weight is 385 g/mol. The first kappa shape index (κ1) is 20.6. The van der Waals surface area contributed by atoms with Crippen molar-refractivity contribution < 1.29 is 9.47 Å². The summed E-state index contributed by atoms with van der Waals surface area (Å²) in [7, 11) is 3.86. The molecule has 2 aromatic rings. The molecule has 1 N–H and O–H groups in total. The largest absolute Gasteiger partial charge is 0.493 e. The highest BCUT2D eigenvalue weighted by molar-refractivity contribution is 5.43. The second-order valence-corrected chi connectivity index (χ2v) is 7.52. The van der Waals surface area contributed by atoms with E-state index in [0.29, 0.717) is 12.6 Å². The van der Waals surface area contributed by atoms with E-state index in [-0.39, 0.29) is 0 Å². The number of aromatic nitrogens is 1. The maximum absolute atomic E-state index is 5.99. The molecule has 0 aliphatic carbocycles. The van der Waals surface area contributed by atoms with E-state index in [2.05, 4.69) is 46.2 Å². The number of rotatable bonds is 9. The van der Waals surface area contributed by atoms with Crippen LogP contribution in [-0.2, 0) is 13.2 Å². The van der Waals surface area contributed by atoms with Crippen LogP contribution < -0.4 is 14.8 Å². The summed E-state index contributed by atoms with van der Waals surface area (Å²) in [5, 5.41) is 3.63. The van der Waals surface area contributed by atoms with E-state index < -0.39 is 0 Å². The van der Waals surface area contributed by atoms with Crippen molar-refractivity contribution in [1.82, 2.24) is 20.1 Å². The van der Waals surface area contributed by atoms with Crippen LogP contribution in [0.2, 0.25) is 0 Å². The highest BCUT2D eigenvalue weighted by Crippen LogP contribution is 2.28. The third-order valence-corrected chi connectivity index (χ3v) is 5.13. The highest BCUT2D eigenvalue weighted by Gasteiger charge is 2.16. The van der Waals surface area contributed by atoms with Gasteiger partial charge < -0.3 is 19.7 Å². The first-order chi connectivity index (χ1) is 13.6. The summed E-state index contributed by atoms with van der Waals surface area (Å²) in [5.41, 5.74) is 2.22. The number of pyridine rings is 1. The summed E-state index contributed by atoms with van der Waals surface area (Å²) in [4.78, 5) is 9.05. The lowest BCUT2D eigenvalue weighted by molar-refractivity contribution is 0.144. The van der Waals surface area contributed by atoms with Crippen molar-refractivity contribution in [3.8, 4) is 11.5 Å². The zero-order chi connectivity index (χ0) is 19.8. The predicted octanol–water partition coefficient (Wildman–Crippen LogP) is 2.39. The normalized spacial score (nSPS) is 16.7. The average Bonchev–Trinajstić information content (AvgIpc) is 2.73. The van der Waals surface area contributed by atoms with Gasteiger partial charge in [0.2, 0.25) is 0 Å². The van der Waals surface area contributed by atoms with Crippen LogP contribution in [0.3, 0.4) is 0 Å². The van der Waals surface area contributed by atoms with Crippen molar-refractivity contribution in [3.05, 3.63) is 53.9 Å². The molecule has 1 atom stereocenters. The van der Waals surface area contributed by atoms with Crippen LogP contribution in [-0.4, -0.2) is 67.7 Å². The zero-order valence-corrected chi connectivity index (χ0v) is 17.2. The fourth-order valence-electron chi connectivity index (χ4n) is 3.36. The number of methoxy groups -OCH3 is 1. The SMILES string of the molecule is COc1ccc(CNC(C)CN2CCN(C)CC2)cc1OCc1cccnc1. The molecule has 1 aliphatic heterocycles. The van der Waals surface area contributed by atoms with E-state index in [1.165, 1.54) is 5.56 Å². The minimum Gasteiger partial charge on any atom is -0.493 e. The summed E-state index contributed by atoms with van der Waals surface area (Å²) in [6, 6.07) is 10.5. The molecule has 0 amide bonds. The Bertz CT molecular complexity index is 718. The number of hydrogen-bond acceptors (Lipinski definition) is 6. The van der Waals surface area contributed by atoms with Gasteiger partial charge in [-0.3, -0.25) is 9.88 Å². The number of nitrogens with one attached hydrogen (secondary N) is 1. The molecule has 3 rings (SSSR count). The summed E-state index contributed by atoms with van der Waals surface area (Å²) >= 11 is 0. The molecule has 6 heteroatoms. The Kier molecular flexibility index (Phi) is 7.65. The van der Waals surface area contributed by atoms with Crippen LogP contribution in [0, 0.1) is 0 Å². The molecule has 0 saturated carbocycles. The third kappa shape index (κ3) is 6.19. The molecule has 152 valence electrons. The second-order valence-electron chi connectivity index (χ2n) is 7.52. The topological polar surface area (TPSA) is 49.9 Å². The van der Waals surface area contributed by atoms with Crippen molar-refractivity contribution in [2.75, 3.05) is 46.9 Å². The van der Waals surface area contributed by atoms with E-state index in [4.69, 9.17) is 9.47 Å². The van der Waals surface area contributed by atoms with Crippen LogP contribution >= 0.6 is 0 Å². The van der Waals surface area contributed by atoms with E-state index in [1.807, 2.05) is 24.4 Å². The molecule has 1 fully saturated rings. The van der Waals surface area contributed by atoms with Crippen LogP contribution in [0.15, 0.2) is 42.7 Å². The van der Waals surface area contributed by atoms with Crippen molar-refractivity contribution in [1.29, 1.82) is 0 Å². The Morgan fingerprint density at radius 2 is 1.93 bits per heavy atom. The molecule has 6 nitrogen and oxygen atoms in total. The van der Waals surface area contributed by atoms with Gasteiger partial charge >= 0.3 is 0 Å². The first-order valence-electron chi connectivity index (χ1n) is 9.97. The van der Waals surface area contributed by atoms with E-state index in [1.54, 1.807) is 13.3 Å². The standard InChI is InChI=1S/C22H32N4O2/c1-18(16-26-11-9-25(2)10-12-26)24-15-19-6-7-21(27-3)22(13-19)28-17-20-5-4-8-23-14-20/h4-8,13-14,18,24H,9-12,15-17H2,1-3H3. The number of piperazine rings is 1. The third-order valence-electron chi connectivity index (χ3n) is 5.13. The fraction of sp³-hybridized carbons (Fsp3) is 0.500. The monoisotopic (exact) mass is 384 g/mol. The van der Waals surface area contributed by atoms with Gasteiger partial charge in [0, 0.05) is 63.3 Å². The van der Waals surface area contributed by atoms with Gasteiger partial charge in [-0.2, -0.15) is 0 Å². The van der Waals surface area contributed by atoms with Gasteiger partial charge in [0.1, 0.15) is 6.61 Å². The summed E-state index contributed by atoms with van der Waals surface area (Å²) < 4.78 is 11.4. The molecule has 1 unspecified atom stereocenters. The van der Waals surface area contributed by atoms with Crippen LogP contribution in [0.5, 0.6) is 11.5 Å². The Morgan fingerprint density at radius 3 is 2.64 bits per heavy atom. The van der Waals surface area contributed by atoms with Gasteiger partial charge in [0.25, 0.3) is 0 Å². The zero-order valence-electron chi connectivity index (χ0n) is 17.2. The smallest absolute Gasteiger partial charge is 0.161 e. The molecular weight excluding hydrogens is 352 g/mol. The summed E-state index contributed by atoms with van der Waals surface area (Å²) in [5.74, 6) is 1.51. The van der Waals surface area contributed by atoms with Crippen molar-refractivity contribution >= 4 is 0 Å². The second kappa shape index (κ2) is 10.4. The quantitative estimate of drug-likeness (QED) is 0.716. The van der Waals surface area contributed by atoms with E-state index in [0.717, 1.165) is 56.3 Å². The highest BCUT2D eigenvalue weighted by atomic mass is 16.5.